The lowest BCUT2D eigenvalue weighted by Gasteiger charge is -2.30. The van der Waals surface area contributed by atoms with Crippen LogP contribution in [0, 0.1) is 5.92 Å². The molecule has 0 bridgehead atoms. The molecule has 10 heteroatoms. The highest BCUT2D eigenvalue weighted by atomic mass is 32.2. The minimum Gasteiger partial charge on any atom is -0.376 e. The molecule has 1 aromatic rings. The van der Waals surface area contributed by atoms with Crippen LogP contribution in [-0.2, 0) is 26.6 Å². The van der Waals surface area contributed by atoms with Crippen LogP contribution < -0.4 is 5.32 Å². The number of hydrogen-bond acceptors (Lipinski definition) is 5. The highest BCUT2D eigenvalue weighted by Crippen LogP contribution is 2.26. The number of nitrogens with one attached hydrogen (secondary N) is 1. The van der Waals surface area contributed by atoms with Crippen LogP contribution in [0.5, 0.6) is 0 Å². The summed E-state index contributed by atoms with van der Waals surface area (Å²) in [5.41, 5.74) is 0.392. The molecule has 3 aliphatic rings. The molecule has 3 aliphatic heterocycles. The summed E-state index contributed by atoms with van der Waals surface area (Å²) in [6, 6.07) is 1.48. The van der Waals surface area contributed by atoms with E-state index in [-0.39, 0.29) is 28.7 Å². The summed E-state index contributed by atoms with van der Waals surface area (Å²) in [5.74, 6) is -0.329. The minimum atomic E-state index is -3.71. The number of ether oxygens (including phenoxy) is 1. The molecule has 0 spiro atoms. The molecule has 0 radical (unpaired) electrons. The van der Waals surface area contributed by atoms with Crippen LogP contribution in [0.4, 0.5) is 0 Å². The van der Waals surface area contributed by atoms with Gasteiger partial charge in [-0.05, 0) is 44.6 Å². The van der Waals surface area contributed by atoms with Gasteiger partial charge in [-0.3, -0.25) is 9.59 Å². The van der Waals surface area contributed by atoms with Crippen molar-refractivity contribution in [2.24, 2.45) is 13.0 Å². The first kappa shape index (κ1) is 22.3. The van der Waals surface area contributed by atoms with E-state index in [1.807, 2.05) is 0 Å². The summed E-state index contributed by atoms with van der Waals surface area (Å²) >= 11 is 0. The lowest BCUT2D eigenvalue weighted by molar-refractivity contribution is -0.126. The second kappa shape index (κ2) is 9.30. The van der Waals surface area contributed by atoms with Crippen LogP contribution in [0.25, 0.3) is 0 Å². The van der Waals surface area contributed by atoms with Gasteiger partial charge in [-0.1, -0.05) is 0 Å². The molecule has 0 saturated carbocycles. The zero-order valence-corrected chi connectivity index (χ0v) is 18.9. The van der Waals surface area contributed by atoms with Gasteiger partial charge in [-0.15, -0.1) is 0 Å². The quantitative estimate of drug-likeness (QED) is 0.693. The maximum Gasteiger partial charge on any atom is 0.270 e. The molecule has 4 heterocycles. The van der Waals surface area contributed by atoms with E-state index in [4.69, 9.17) is 4.74 Å². The smallest absolute Gasteiger partial charge is 0.270 e. The van der Waals surface area contributed by atoms with E-state index in [0.29, 0.717) is 51.3 Å². The van der Waals surface area contributed by atoms with E-state index in [1.165, 1.54) is 16.6 Å². The van der Waals surface area contributed by atoms with E-state index >= 15 is 0 Å². The van der Waals surface area contributed by atoms with Crippen LogP contribution in [-0.4, -0.2) is 79.4 Å². The average molecular weight is 453 g/mol. The normalized spacial score (nSPS) is 23.4. The molecule has 172 valence electrons. The van der Waals surface area contributed by atoms with Gasteiger partial charge in [0.1, 0.15) is 10.6 Å². The van der Waals surface area contributed by atoms with Crippen molar-refractivity contribution in [1.29, 1.82) is 0 Å². The first-order valence-electron chi connectivity index (χ1n) is 11.2. The van der Waals surface area contributed by atoms with E-state index in [1.54, 1.807) is 16.5 Å². The number of hydrogen-bond donors (Lipinski definition) is 1. The predicted molar refractivity (Wildman–Crippen MR) is 114 cm³/mol. The molecule has 3 saturated heterocycles. The van der Waals surface area contributed by atoms with Crippen LogP contribution in [0.2, 0.25) is 0 Å². The molecule has 4 rings (SSSR count). The van der Waals surface area contributed by atoms with Crippen molar-refractivity contribution in [3.63, 3.8) is 0 Å². The average Bonchev–Trinajstić information content (AvgIpc) is 3.53. The molecule has 1 N–H and O–H groups in total. The Morgan fingerprint density at radius 1 is 1.10 bits per heavy atom. The number of rotatable bonds is 6. The summed E-state index contributed by atoms with van der Waals surface area (Å²) in [6.45, 7) is 3.30. The first-order valence-corrected chi connectivity index (χ1v) is 12.7. The minimum absolute atomic E-state index is 0.0224. The van der Waals surface area contributed by atoms with Gasteiger partial charge < -0.3 is 19.5 Å². The van der Waals surface area contributed by atoms with Crippen LogP contribution >= 0.6 is 0 Å². The molecule has 1 atom stereocenters. The first-order chi connectivity index (χ1) is 14.9. The second-order valence-electron chi connectivity index (χ2n) is 8.73. The Hall–Kier alpha value is -1.91. The zero-order valence-electron chi connectivity index (χ0n) is 18.1. The lowest BCUT2D eigenvalue weighted by atomic mass is 9.97. The van der Waals surface area contributed by atoms with E-state index in [0.717, 1.165) is 32.3 Å². The van der Waals surface area contributed by atoms with Gasteiger partial charge in [0.2, 0.25) is 15.9 Å². The zero-order chi connectivity index (χ0) is 22.0. The number of amides is 2. The number of aromatic nitrogens is 1. The van der Waals surface area contributed by atoms with Crippen molar-refractivity contribution >= 4 is 21.8 Å². The third-order valence-corrected chi connectivity index (χ3v) is 8.45. The number of carbonyl (C=O) groups excluding carboxylic acids is 2. The number of aryl methyl sites for hydroxylation is 1. The Morgan fingerprint density at radius 3 is 2.45 bits per heavy atom. The number of piperidine rings is 1. The Bertz CT molecular complexity index is 908. The van der Waals surface area contributed by atoms with Crippen LogP contribution in [0.1, 0.15) is 49.0 Å². The molecule has 0 aromatic carbocycles. The van der Waals surface area contributed by atoms with Gasteiger partial charge in [0.05, 0.1) is 6.10 Å². The molecule has 3 fully saturated rings. The fourth-order valence-electron chi connectivity index (χ4n) is 4.64. The maximum absolute atomic E-state index is 13.1. The monoisotopic (exact) mass is 452 g/mol. The summed E-state index contributed by atoms with van der Waals surface area (Å²) in [5, 5.41) is 2.95. The molecule has 1 aromatic heterocycles. The fraction of sp³-hybridized carbons (Fsp3) is 0.714. The van der Waals surface area contributed by atoms with Gasteiger partial charge in [-0.2, -0.15) is 4.31 Å². The SMILES string of the molecule is Cn1cc(S(=O)(=O)N2CCC(C(=O)NC[C@H]3CCCO3)CC2)cc1C(=O)N1CCCC1. The Labute approximate surface area is 183 Å². The third kappa shape index (κ3) is 4.80. The van der Waals surface area contributed by atoms with Gasteiger partial charge in [-0.25, -0.2) is 8.42 Å². The molecule has 0 unspecified atom stereocenters. The lowest BCUT2D eigenvalue weighted by Crippen LogP contribution is -2.44. The topological polar surface area (TPSA) is 101 Å². The summed E-state index contributed by atoms with van der Waals surface area (Å²) < 4.78 is 34.8. The standard InChI is InChI=1S/C21H32N4O5S/c1-23-15-18(13-19(23)21(27)24-8-2-3-9-24)31(28,29)25-10-6-16(7-11-25)20(26)22-14-17-5-4-12-30-17/h13,15-17H,2-12,14H2,1H3,(H,22,26)/t17-/m1/s1. The number of likely N-dealkylation sites (tertiary alicyclic amines) is 1. The predicted octanol–water partition coefficient (Wildman–Crippen LogP) is 0.957. The third-order valence-electron chi connectivity index (χ3n) is 6.58. The van der Waals surface area contributed by atoms with Crippen molar-refractivity contribution in [3.05, 3.63) is 18.0 Å². The second-order valence-corrected chi connectivity index (χ2v) is 10.7. The van der Waals surface area contributed by atoms with Crippen molar-refractivity contribution in [1.82, 2.24) is 19.1 Å². The van der Waals surface area contributed by atoms with Crippen molar-refractivity contribution in [3.8, 4) is 0 Å². The largest absolute Gasteiger partial charge is 0.376 e. The van der Waals surface area contributed by atoms with Crippen LogP contribution in [0.15, 0.2) is 17.2 Å². The van der Waals surface area contributed by atoms with Crippen molar-refractivity contribution in [2.45, 2.75) is 49.5 Å². The summed E-state index contributed by atoms with van der Waals surface area (Å²) in [7, 11) is -2.00. The molecule has 9 nitrogen and oxygen atoms in total. The van der Waals surface area contributed by atoms with Gasteiger partial charge in [0.15, 0.2) is 0 Å². The highest BCUT2D eigenvalue weighted by Gasteiger charge is 2.34. The van der Waals surface area contributed by atoms with E-state index in [2.05, 4.69) is 5.32 Å². The van der Waals surface area contributed by atoms with E-state index < -0.39 is 10.0 Å². The molecule has 0 aliphatic carbocycles. The van der Waals surface area contributed by atoms with E-state index in [9.17, 15) is 18.0 Å². The van der Waals surface area contributed by atoms with Crippen LogP contribution in [0.3, 0.4) is 0 Å². The molecular formula is C21H32N4O5S. The number of sulfonamides is 1. The molecule has 31 heavy (non-hydrogen) atoms. The van der Waals surface area contributed by atoms with Crippen molar-refractivity contribution < 1.29 is 22.7 Å². The van der Waals surface area contributed by atoms with Gasteiger partial charge in [0.25, 0.3) is 5.91 Å². The number of carbonyl (C=O) groups is 2. The van der Waals surface area contributed by atoms with Gasteiger partial charge >= 0.3 is 0 Å². The molecule has 2 amide bonds. The summed E-state index contributed by atoms with van der Waals surface area (Å²) in [6.07, 6.45) is 6.55. The van der Waals surface area contributed by atoms with Crippen molar-refractivity contribution in [2.75, 3.05) is 39.3 Å². The highest BCUT2D eigenvalue weighted by molar-refractivity contribution is 7.89. The Balaban J connectivity index is 1.35. The summed E-state index contributed by atoms with van der Waals surface area (Å²) in [4.78, 5) is 27.1. The number of nitrogens with zero attached hydrogens (tertiary/aromatic N) is 3. The maximum atomic E-state index is 13.1. The fourth-order valence-corrected chi connectivity index (χ4v) is 6.18. The Morgan fingerprint density at radius 2 is 1.81 bits per heavy atom. The Kier molecular flexibility index (Phi) is 6.68. The molecular weight excluding hydrogens is 420 g/mol. The van der Waals surface area contributed by atoms with Gasteiger partial charge in [0, 0.05) is 58.5 Å².